The molecule has 0 spiro atoms. The van der Waals surface area contributed by atoms with E-state index in [9.17, 15) is 9.59 Å². The highest BCUT2D eigenvalue weighted by molar-refractivity contribution is 5.99. The fraction of sp³-hybridized carbons (Fsp3) is 0.129. The normalized spacial score (nSPS) is 11.5. The van der Waals surface area contributed by atoms with Gasteiger partial charge in [0.1, 0.15) is 11.1 Å². The molecule has 7 aromatic rings. The number of rotatable bonds is 6. The van der Waals surface area contributed by atoms with E-state index in [1.807, 2.05) is 54.6 Å². The SMILES string of the molecule is CCOC(=O)c1cnc2nc3ccccc3n2c1-c1cccc(-c2c(C(=O)OCC)cnc3nc4ccccc4n23)n1. The van der Waals surface area contributed by atoms with Gasteiger partial charge in [-0.05, 0) is 50.2 Å². The van der Waals surface area contributed by atoms with E-state index < -0.39 is 11.9 Å². The number of nitrogens with zero attached hydrogens (tertiary/aromatic N) is 7. The van der Waals surface area contributed by atoms with E-state index in [2.05, 4.69) is 19.9 Å². The molecule has 0 amide bonds. The number of benzene rings is 2. The van der Waals surface area contributed by atoms with Crippen LogP contribution in [-0.2, 0) is 9.47 Å². The monoisotopic (exact) mass is 557 g/mol. The van der Waals surface area contributed by atoms with Crippen LogP contribution in [0, 0.1) is 0 Å². The second kappa shape index (κ2) is 10.0. The molecule has 7 rings (SSSR count). The number of imidazole rings is 2. The number of ether oxygens (including phenoxy) is 2. The highest BCUT2D eigenvalue weighted by Crippen LogP contribution is 2.32. The number of carbonyl (C=O) groups excluding carboxylic acids is 2. The van der Waals surface area contributed by atoms with Crippen molar-refractivity contribution in [3.63, 3.8) is 0 Å². The minimum absolute atomic E-state index is 0.195. The first-order chi connectivity index (χ1) is 20.6. The summed E-state index contributed by atoms with van der Waals surface area (Å²) in [7, 11) is 0. The Morgan fingerprint density at radius 2 is 1.07 bits per heavy atom. The second-order valence-corrected chi connectivity index (χ2v) is 9.36. The van der Waals surface area contributed by atoms with E-state index in [-0.39, 0.29) is 24.3 Å². The van der Waals surface area contributed by atoms with Gasteiger partial charge in [0.25, 0.3) is 0 Å². The molecule has 2 aromatic carbocycles. The van der Waals surface area contributed by atoms with Gasteiger partial charge in [-0.1, -0.05) is 30.3 Å². The predicted octanol–water partition coefficient (Wildman–Crippen LogP) is 5.16. The summed E-state index contributed by atoms with van der Waals surface area (Å²) in [5.74, 6) is -0.256. The lowest BCUT2D eigenvalue weighted by Gasteiger charge is -2.14. The van der Waals surface area contributed by atoms with Crippen LogP contribution < -0.4 is 0 Å². The van der Waals surface area contributed by atoms with Crippen LogP contribution in [0.1, 0.15) is 34.6 Å². The quantitative estimate of drug-likeness (QED) is 0.255. The average Bonchev–Trinajstić information content (AvgIpc) is 3.59. The first-order valence-electron chi connectivity index (χ1n) is 13.4. The molecule has 0 aliphatic rings. The molecule has 0 aliphatic heterocycles. The fourth-order valence-corrected chi connectivity index (χ4v) is 5.17. The zero-order valence-electron chi connectivity index (χ0n) is 22.7. The van der Waals surface area contributed by atoms with Gasteiger partial charge in [-0.25, -0.2) is 34.5 Å². The standard InChI is InChI=1S/C31H23N7O4/c1-3-41-28(39)18-16-32-30-35-20-10-5-7-14-24(20)37(30)26(18)22-12-9-13-23(34-22)27-19(29(40)42-4-2)17-33-31-36-21-11-6-8-15-25(21)38(27)31/h5-17H,3-4H2,1-2H3. The maximum absolute atomic E-state index is 13.2. The molecule has 0 aliphatic carbocycles. The third-order valence-electron chi connectivity index (χ3n) is 6.89. The number of aromatic nitrogens is 7. The molecule has 11 nitrogen and oxygen atoms in total. The van der Waals surface area contributed by atoms with Gasteiger partial charge >= 0.3 is 11.9 Å². The first-order valence-corrected chi connectivity index (χ1v) is 13.4. The Morgan fingerprint density at radius 3 is 1.52 bits per heavy atom. The Morgan fingerprint density at radius 1 is 0.619 bits per heavy atom. The van der Waals surface area contributed by atoms with Gasteiger partial charge < -0.3 is 9.47 Å². The molecule has 0 saturated heterocycles. The van der Waals surface area contributed by atoms with E-state index in [4.69, 9.17) is 14.5 Å². The number of pyridine rings is 1. The molecular formula is C31H23N7O4. The molecule has 11 heteroatoms. The van der Waals surface area contributed by atoms with Crippen molar-refractivity contribution in [1.29, 1.82) is 0 Å². The van der Waals surface area contributed by atoms with Gasteiger partial charge in [0, 0.05) is 12.4 Å². The van der Waals surface area contributed by atoms with Crippen molar-refractivity contribution in [3.8, 4) is 22.8 Å². The number of hydrogen-bond acceptors (Lipinski definition) is 9. The summed E-state index contributed by atoms with van der Waals surface area (Å²) in [6, 6.07) is 20.5. The van der Waals surface area contributed by atoms with E-state index in [0.717, 1.165) is 11.0 Å². The first kappa shape index (κ1) is 25.3. The highest BCUT2D eigenvalue weighted by Gasteiger charge is 2.25. The average molecular weight is 558 g/mol. The van der Waals surface area contributed by atoms with Crippen LogP contribution in [-0.4, -0.2) is 58.9 Å². The second-order valence-electron chi connectivity index (χ2n) is 9.36. The Labute approximate surface area is 238 Å². The summed E-state index contributed by atoms with van der Waals surface area (Å²) >= 11 is 0. The molecule has 5 aromatic heterocycles. The van der Waals surface area contributed by atoms with Crippen LogP contribution in [0.4, 0.5) is 0 Å². The maximum Gasteiger partial charge on any atom is 0.341 e. The Balaban J connectivity index is 1.55. The number of para-hydroxylation sites is 4. The fourth-order valence-electron chi connectivity index (χ4n) is 5.17. The molecule has 0 saturated carbocycles. The van der Waals surface area contributed by atoms with Crippen molar-refractivity contribution >= 4 is 45.6 Å². The van der Waals surface area contributed by atoms with Crippen LogP contribution in [0.15, 0.2) is 79.1 Å². The van der Waals surface area contributed by atoms with Crippen molar-refractivity contribution in [3.05, 3.63) is 90.3 Å². The van der Waals surface area contributed by atoms with Crippen molar-refractivity contribution in [2.45, 2.75) is 13.8 Å². The largest absolute Gasteiger partial charge is 0.462 e. The number of carbonyl (C=O) groups is 2. The summed E-state index contributed by atoms with van der Waals surface area (Å²) in [4.78, 5) is 49.6. The van der Waals surface area contributed by atoms with Crippen LogP contribution in [0.25, 0.3) is 56.4 Å². The molecule has 0 radical (unpaired) electrons. The Bertz CT molecular complexity index is 2030. The number of fused-ring (bicyclic) bond motifs is 6. The Hall–Kier alpha value is -5.71. The predicted molar refractivity (Wildman–Crippen MR) is 155 cm³/mol. The highest BCUT2D eigenvalue weighted by atomic mass is 16.5. The van der Waals surface area contributed by atoms with Gasteiger partial charge in [0.05, 0.1) is 58.1 Å². The van der Waals surface area contributed by atoms with Crippen LogP contribution in [0.2, 0.25) is 0 Å². The van der Waals surface area contributed by atoms with Crippen molar-refractivity contribution in [2.75, 3.05) is 13.2 Å². The molecule has 0 unspecified atom stereocenters. The maximum atomic E-state index is 13.2. The minimum atomic E-state index is -0.536. The Kier molecular flexibility index (Phi) is 6.04. The van der Waals surface area contributed by atoms with Gasteiger partial charge in [0.15, 0.2) is 0 Å². The topological polar surface area (TPSA) is 126 Å². The van der Waals surface area contributed by atoms with E-state index >= 15 is 0 Å². The van der Waals surface area contributed by atoms with E-state index in [1.54, 1.807) is 34.8 Å². The molecule has 0 atom stereocenters. The molecule has 206 valence electrons. The third-order valence-corrected chi connectivity index (χ3v) is 6.89. The van der Waals surface area contributed by atoms with Crippen molar-refractivity contribution in [1.82, 2.24) is 33.7 Å². The van der Waals surface area contributed by atoms with E-state index in [0.29, 0.717) is 45.4 Å². The molecule has 5 heterocycles. The van der Waals surface area contributed by atoms with Gasteiger partial charge in [-0.2, -0.15) is 0 Å². The van der Waals surface area contributed by atoms with Crippen molar-refractivity contribution < 1.29 is 19.1 Å². The zero-order chi connectivity index (χ0) is 28.8. The molecular weight excluding hydrogens is 534 g/mol. The molecule has 0 bridgehead atoms. The van der Waals surface area contributed by atoms with Crippen LogP contribution >= 0.6 is 0 Å². The molecule has 0 fully saturated rings. The molecule has 42 heavy (non-hydrogen) atoms. The smallest absolute Gasteiger partial charge is 0.341 e. The molecule has 0 N–H and O–H groups in total. The van der Waals surface area contributed by atoms with Gasteiger partial charge in [-0.3, -0.25) is 8.80 Å². The summed E-state index contributed by atoms with van der Waals surface area (Å²) in [5, 5.41) is 0. The summed E-state index contributed by atoms with van der Waals surface area (Å²) in [6.45, 7) is 3.88. The summed E-state index contributed by atoms with van der Waals surface area (Å²) < 4.78 is 14.4. The van der Waals surface area contributed by atoms with Gasteiger partial charge in [0.2, 0.25) is 11.6 Å². The summed E-state index contributed by atoms with van der Waals surface area (Å²) in [6.07, 6.45) is 2.92. The lowest BCUT2D eigenvalue weighted by Crippen LogP contribution is -2.13. The van der Waals surface area contributed by atoms with Gasteiger partial charge in [-0.15, -0.1) is 0 Å². The summed E-state index contributed by atoms with van der Waals surface area (Å²) in [5.41, 5.74) is 5.25. The van der Waals surface area contributed by atoms with Crippen LogP contribution in [0.3, 0.4) is 0 Å². The third kappa shape index (κ3) is 3.93. The minimum Gasteiger partial charge on any atom is -0.462 e. The lowest BCUT2D eigenvalue weighted by molar-refractivity contribution is 0.0516. The zero-order valence-corrected chi connectivity index (χ0v) is 22.7. The number of esters is 2. The number of hydrogen-bond donors (Lipinski definition) is 0. The van der Waals surface area contributed by atoms with E-state index in [1.165, 1.54) is 12.4 Å². The van der Waals surface area contributed by atoms with Crippen LogP contribution in [0.5, 0.6) is 0 Å². The van der Waals surface area contributed by atoms with Crippen molar-refractivity contribution in [2.24, 2.45) is 0 Å². The lowest BCUT2D eigenvalue weighted by atomic mass is 10.1.